The highest BCUT2D eigenvalue weighted by Crippen LogP contribution is 2.38. The average Bonchev–Trinajstić information content (AvgIpc) is 3.35. The predicted molar refractivity (Wildman–Crippen MR) is 135 cm³/mol. The Morgan fingerprint density at radius 1 is 0.906 bits per heavy atom. The summed E-state index contributed by atoms with van der Waals surface area (Å²) in [4.78, 5) is 29.4. The molecular formula is C25H16ClNO2S3. The maximum absolute atomic E-state index is 13.0. The zero-order valence-electron chi connectivity index (χ0n) is 16.7. The van der Waals surface area contributed by atoms with Crippen LogP contribution in [-0.4, -0.2) is 16.0 Å². The molecule has 32 heavy (non-hydrogen) atoms. The first-order valence-corrected chi connectivity index (χ1v) is 12.6. The van der Waals surface area contributed by atoms with Crippen molar-refractivity contribution in [3.8, 4) is 0 Å². The molecule has 158 valence electrons. The van der Waals surface area contributed by atoms with Gasteiger partial charge in [0.2, 0.25) is 0 Å². The fourth-order valence-corrected chi connectivity index (χ4v) is 6.55. The third-order valence-corrected chi connectivity index (χ3v) is 8.32. The Labute approximate surface area is 203 Å². The number of amides is 2. The number of carbonyl (C=O) groups is 2. The van der Waals surface area contributed by atoms with E-state index in [-0.39, 0.29) is 17.7 Å². The van der Waals surface area contributed by atoms with E-state index < -0.39 is 0 Å². The molecule has 0 radical (unpaired) electrons. The number of rotatable bonds is 5. The second-order valence-electron chi connectivity index (χ2n) is 7.12. The van der Waals surface area contributed by atoms with Gasteiger partial charge in [0.15, 0.2) is 0 Å². The summed E-state index contributed by atoms with van der Waals surface area (Å²) >= 11 is 10.2. The molecule has 1 aliphatic heterocycles. The maximum atomic E-state index is 13.0. The first-order valence-electron chi connectivity index (χ1n) is 9.82. The summed E-state index contributed by atoms with van der Waals surface area (Å²) < 4.78 is 1.11. The Hall–Kier alpha value is -2.51. The molecule has 5 rings (SSSR count). The van der Waals surface area contributed by atoms with Crippen LogP contribution in [0, 0.1) is 0 Å². The van der Waals surface area contributed by atoms with Crippen LogP contribution in [0.2, 0.25) is 5.02 Å². The number of thioether (sulfide) groups is 1. The number of carbonyl (C=O) groups excluding carboxylic acids is 2. The van der Waals surface area contributed by atoms with Gasteiger partial charge in [-0.3, -0.25) is 14.5 Å². The Bertz CT molecular complexity index is 1360. The zero-order valence-corrected chi connectivity index (χ0v) is 19.9. The van der Waals surface area contributed by atoms with Crippen molar-refractivity contribution >= 4 is 74.5 Å². The summed E-state index contributed by atoms with van der Waals surface area (Å²) in [6.45, 7) is 0.269. The molecule has 0 N–H and O–H groups in total. The van der Waals surface area contributed by atoms with Gasteiger partial charge in [0, 0.05) is 14.8 Å². The van der Waals surface area contributed by atoms with Gasteiger partial charge in [-0.15, -0.1) is 11.3 Å². The lowest BCUT2D eigenvalue weighted by Gasteiger charge is -2.14. The minimum Gasteiger partial charge on any atom is -0.268 e. The lowest BCUT2D eigenvalue weighted by molar-refractivity contribution is -0.123. The number of hydrogen-bond donors (Lipinski definition) is 0. The van der Waals surface area contributed by atoms with E-state index in [0.29, 0.717) is 9.93 Å². The Kier molecular flexibility index (Phi) is 6.11. The van der Waals surface area contributed by atoms with Crippen LogP contribution in [0.1, 0.15) is 10.4 Å². The van der Waals surface area contributed by atoms with Crippen molar-refractivity contribution in [2.45, 2.75) is 15.6 Å². The van der Waals surface area contributed by atoms with Crippen molar-refractivity contribution in [1.82, 2.24) is 4.90 Å². The Morgan fingerprint density at radius 2 is 1.69 bits per heavy atom. The quantitative estimate of drug-likeness (QED) is 0.264. The maximum Gasteiger partial charge on any atom is 0.293 e. The van der Waals surface area contributed by atoms with Gasteiger partial charge in [0.25, 0.3) is 11.1 Å². The smallest absolute Gasteiger partial charge is 0.268 e. The molecule has 0 aliphatic carbocycles. The van der Waals surface area contributed by atoms with E-state index in [1.165, 1.54) is 4.90 Å². The SMILES string of the molecule is O=C1S/C(=C/c2ccc(Sc3ccc(Cl)cc3)s2)C(=O)N1Cc1cccc2ccccc12. The first kappa shape index (κ1) is 21.3. The minimum absolute atomic E-state index is 0.235. The van der Waals surface area contributed by atoms with E-state index in [1.807, 2.05) is 84.9 Å². The number of nitrogens with zero attached hydrogens (tertiary/aromatic N) is 1. The van der Waals surface area contributed by atoms with E-state index >= 15 is 0 Å². The number of thiophene rings is 1. The average molecular weight is 494 g/mol. The van der Waals surface area contributed by atoms with Crippen molar-refractivity contribution in [1.29, 1.82) is 0 Å². The van der Waals surface area contributed by atoms with E-state index in [9.17, 15) is 9.59 Å². The standard InChI is InChI=1S/C25H16ClNO2S3/c26-18-8-10-19(11-9-18)30-23-13-12-20(31-23)14-22-24(28)27(25(29)32-22)15-17-6-3-5-16-4-1-2-7-21(16)17/h1-14H,15H2/b22-14+. The van der Waals surface area contributed by atoms with Crippen LogP contribution < -0.4 is 0 Å². The molecule has 3 nitrogen and oxygen atoms in total. The van der Waals surface area contributed by atoms with Crippen LogP contribution in [0.3, 0.4) is 0 Å². The Balaban J connectivity index is 1.33. The number of hydrogen-bond acceptors (Lipinski definition) is 5. The van der Waals surface area contributed by atoms with Crippen molar-refractivity contribution in [3.63, 3.8) is 0 Å². The molecule has 0 spiro atoms. The largest absolute Gasteiger partial charge is 0.293 e. The fraction of sp³-hybridized carbons (Fsp3) is 0.0400. The highest BCUT2D eigenvalue weighted by molar-refractivity contribution is 8.18. The number of fused-ring (bicyclic) bond motifs is 1. The van der Waals surface area contributed by atoms with Gasteiger partial charge in [-0.1, -0.05) is 65.8 Å². The van der Waals surface area contributed by atoms with Gasteiger partial charge in [0.05, 0.1) is 15.7 Å². The summed E-state index contributed by atoms with van der Waals surface area (Å²) in [7, 11) is 0. The number of benzene rings is 3. The molecule has 2 heterocycles. The third kappa shape index (κ3) is 4.50. The molecule has 0 bridgehead atoms. The summed E-state index contributed by atoms with van der Waals surface area (Å²) in [5, 5.41) is 2.62. The molecule has 0 unspecified atom stereocenters. The van der Waals surface area contributed by atoms with E-state index in [4.69, 9.17) is 11.6 Å². The van der Waals surface area contributed by atoms with Crippen LogP contribution in [0.25, 0.3) is 16.8 Å². The second kappa shape index (κ2) is 9.16. The van der Waals surface area contributed by atoms with E-state index in [0.717, 1.165) is 42.1 Å². The molecule has 0 saturated carbocycles. The van der Waals surface area contributed by atoms with E-state index in [2.05, 4.69) is 0 Å². The Morgan fingerprint density at radius 3 is 2.53 bits per heavy atom. The molecular weight excluding hydrogens is 478 g/mol. The fourth-order valence-electron chi connectivity index (χ4n) is 3.45. The first-order chi connectivity index (χ1) is 15.6. The van der Waals surface area contributed by atoms with Crippen molar-refractivity contribution in [2.75, 3.05) is 0 Å². The summed E-state index contributed by atoms with van der Waals surface area (Å²) in [5.74, 6) is -0.242. The minimum atomic E-state index is -0.242. The molecule has 7 heteroatoms. The third-order valence-electron chi connectivity index (χ3n) is 4.99. The highest BCUT2D eigenvalue weighted by atomic mass is 35.5. The molecule has 0 atom stereocenters. The molecule has 1 saturated heterocycles. The van der Waals surface area contributed by atoms with Crippen molar-refractivity contribution in [2.24, 2.45) is 0 Å². The van der Waals surface area contributed by atoms with Gasteiger partial charge >= 0.3 is 0 Å². The number of halogens is 1. The van der Waals surface area contributed by atoms with Gasteiger partial charge in [-0.2, -0.15) is 0 Å². The van der Waals surface area contributed by atoms with E-state index in [1.54, 1.807) is 23.1 Å². The lowest BCUT2D eigenvalue weighted by Crippen LogP contribution is -2.27. The molecule has 1 aliphatic rings. The summed E-state index contributed by atoms with van der Waals surface area (Å²) in [6, 6.07) is 25.6. The zero-order chi connectivity index (χ0) is 22.1. The van der Waals surface area contributed by atoms with Gasteiger partial charge in [0.1, 0.15) is 0 Å². The molecule has 1 fully saturated rings. The molecule has 2 amide bonds. The summed E-state index contributed by atoms with van der Waals surface area (Å²) in [6.07, 6.45) is 1.81. The molecule has 4 aromatic rings. The summed E-state index contributed by atoms with van der Waals surface area (Å²) in [5.41, 5.74) is 0.962. The van der Waals surface area contributed by atoms with Gasteiger partial charge in [-0.05, 0) is 70.6 Å². The normalized spacial score (nSPS) is 15.3. The van der Waals surface area contributed by atoms with Gasteiger partial charge < -0.3 is 0 Å². The van der Waals surface area contributed by atoms with Gasteiger partial charge in [-0.25, -0.2) is 0 Å². The second-order valence-corrected chi connectivity index (χ2v) is 11.0. The molecule has 3 aromatic carbocycles. The van der Waals surface area contributed by atoms with Crippen LogP contribution in [0.5, 0.6) is 0 Å². The van der Waals surface area contributed by atoms with Crippen molar-refractivity contribution in [3.05, 3.63) is 99.2 Å². The van der Waals surface area contributed by atoms with Crippen LogP contribution in [0.15, 0.2) is 92.9 Å². The predicted octanol–water partition coefficient (Wildman–Crippen LogP) is 7.94. The lowest BCUT2D eigenvalue weighted by atomic mass is 10.0. The monoisotopic (exact) mass is 493 g/mol. The topological polar surface area (TPSA) is 37.4 Å². The van der Waals surface area contributed by atoms with Crippen molar-refractivity contribution < 1.29 is 9.59 Å². The molecule has 1 aromatic heterocycles. The van der Waals surface area contributed by atoms with Crippen LogP contribution >= 0.6 is 46.5 Å². The highest BCUT2D eigenvalue weighted by Gasteiger charge is 2.35. The van der Waals surface area contributed by atoms with Crippen LogP contribution in [0.4, 0.5) is 4.79 Å². The van der Waals surface area contributed by atoms with Crippen LogP contribution in [-0.2, 0) is 11.3 Å². The number of imide groups is 1.